The Morgan fingerprint density at radius 2 is 1.82 bits per heavy atom. The molecule has 0 radical (unpaired) electrons. The molecule has 2 fully saturated rings. The summed E-state index contributed by atoms with van der Waals surface area (Å²) in [5.74, 6) is 1.07. The van der Waals surface area contributed by atoms with Crippen LogP contribution in [0.3, 0.4) is 0 Å². The van der Waals surface area contributed by atoms with Crippen molar-refractivity contribution in [3.63, 3.8) is 0 Å². The van der Waals surface area contributed by atoms with Crippen LogP contribution in [0.4, 0.5) is 5.69 Å². The van der Waals surface area contributed by atoms with Crippen molar-refractivity contribution in [1.82, 2.24) is 5.32 Å². The van der Waals surface area contributed by atoms with Gasteiger partial charge in [-0.05, 0) is 67.6 Å². The summed E-state index contributed by atoms with van der Waals surface area (Å²) in [7, 11) is -3.84. The van der Waals surface area contributed by atoms with Gasteiger partial charge in [-0.25, -0.2) is 13.6 Å². The van der Waals surface area contributed by atoms with Crippen molar-refractivity contribution < 1.29 is 13.2 Å². The van der Waals surface area contributed by atoms with Gasteiger partial charge in [0.2, 0.25) is 10.0 Å². The van der Waals surface area contributed by atoms with Crippen molar-refractivity contribution in [2.24, 2.45) is 11.1 Å². The van der Waals surface area contributed by atoms with E-state index in [0.717, 1.165) is 12.5 Å². The highest BCUT2D eigenvalue weighted by Crippen LogP contribution is 2.41. The largest absolute Gasteiger partial charge is 0.322 e. The molecule has 2 aromatic carbocycles. The lowest BCUT2D eigenvalue weighted by Crippen LogP contribution is -2.20. The Hall–Kier alpha value is -1.93. The number of sulfonamides is 1. The third-order valence-corrected chi connectivity index (χ3v) is 6.09. The first-order valence-electron chi connectivity index (χ1n) is 9.18. The number of hydrogen-bond donors (Lipinski definition) is 3. The van der Waals surface area contributed by atoms with Crippen LogP contribution in [0.5, 0.6) is 0 Å². The predicted molar refractivity (Wildman–Crippen MR) is 111 cm³/mol. The molecule has 0 heterocycles. The summed E-state index contributed by atoms with van der Waals surface area (Å²) in [4.78, 5) is 12.3. The molecule has 6 nitrogen and oxygen atoms in total. The van der Waals surface area contributed by atoms with E-state index in [4.69, 9.17) is 5.14 Å². The standard InChI is InChI=1S/C20H23N3O3S.ClH/c21-27(25,26)17-3-1-2-15(10-17)20(24)23-16-8-6-14(7-9-16)18-11-19(18)22-12-13-4-5-13;/h1-3,6-10,13,18-19,22H,4-5,11-12H2,(H,23,24)(H2,21,25,26);1H/t18-,19+;/m0./s1. The van der Waals surface area contributed by atoms with Gasteiger partial charge in [-0.2, -0.15) is 0 Å². The zero-order chi connectivity index (χ0) is 19.0. The highest BCUT2D eigenvalue weighted by Gasteiger charge is 2.38. The molecule has 2 aliphatic rings. The number of carbonyl (C=O) groups excluding carboxylic acids is 1. The predicted octanol–water partition coefficient (Wildman–Crippen LogP) is 2.86. The van der Waals surface area contributed by atoms with Crippen LogP contribution in [0.25, 0.3) is 0 Å². The van der Waals surface area contributed by atoms with Gasteiger partial charge in [0.25, 0.3) is 5.91 Å². The zero-order valence-corrected chi connectivity index (χ0v) is 16.9. The molecule has 2 aromatic rings. The minimum Gasteiger partial charge on any atom is -0.322 e. The van der Waals surface area contributed by atoms with Crippen LogP contribution in [0.2, 0.25) is 0 Å². The number of anilines is 1. The second-order valence-electron chi connectivity index (χ2n) is 7.45. The molecule has 0 aliphatic heterocycles. The van der Waals surface area contributed by atoms with E-state index in [-0.39, 0.29) is 28.8 Å². The number of nitrogens with one attached hydrogen (secondary N) is 2. The van der Waals surface area contributed by atoms with Gasteiger partial charge in [0.1, 0.15) is 0 Å². The normalized spacial score (nSPS) is 20.9. The van der Waals surface area contributed by atoms with Crippen LogP contribution in [0, 0.1) is 5.92 Å². The average Bonchev–Trinajstić information content (AvgIpc) is 3.54. The molecule has 2 saturated carbocycles. The molecular weight excluding hydrogens is 398 g/mol. The zero-order valence-electron chi connectivity index (χ0n) is 15.3. The van der Waals surface area contributed by atoms with Gasteiger partial charge in [0.15, 0.2) is 0 Å². The molecule has 1 amide bonds. The molecule has 28 heavy (non-hydrogen) atoms. The smallest absolute Gasteiger partial charge is 0.255 e. The number of halogens is 1. The SMILES string of the molecule is Cl.NS(=O)(=O)c1cccc(C(=O)Nc2ccc([C@@H]3C[C@H]3NCC3CC3)cc2)c1. The molecule has 8 heteroatoms. The van der Waals surface area contributed by atoms with E-state index in [2.05, 4.69) is 10.6 Å². The molecule has 2 aliphatic carbocycles. The van der Waals surface area contributed by atoms with E-state index in [1.807, 2.05) is 24.3 Å². The van der Waals surface area contributed by atoms with Crippen molar-refractivity contribution >= 4 is 34.0 Å². The van der Waals surface area contributed by atoms with Crippen LogP contribution in [0.15, 0.2) is 53.4 Å². The monoisotopic (exact) mass is 421 g/mol. The van der Waals surface area contributed by atoms with E-state index in [1.54, 1.807) is 6.07 Å². The van der Waals surface area contributed by atoms with Gasteiger partial charge in [0, 0.05) is 23.2 Å². The second-order valence-corrected chi connectivity index (χ2v) is 9.01. The fourth-order valence-corrected chi connectivity index (χ4v) is 3.82. The molecule has 0 unspecified atom stereocenters. The molecule has 4 N–H and O–H groups in total. The average molecular weight is 422 g/mol. The summed E-state index contributed by atoms with van der Waals surface area (Å²) in [6.07, 6.45) is 3.89. The maximum atomic E-state index is 12.4. The first kappa shape index (κ1) is 20.8. The molecule has 0 saturated heterocycles. The number of carbonyl (C=O) groups is 1. The van der Waals surface area contributed by atoms with Gasteiger partial charge < -0.3 is 10.6 Å². The van der Waals surface area contributed by atoms with Crippen LogP contribution in [0.1, 0.15) is 41.1 Å². The van der Waals surface area contributed by atoms with Crippen LogP contribution in [-0.2, 0) is 10.0 Å². The van der Waals surface area contributed by atoms with E-state index in [1.165, 1.54) is 43.0 Å². The van der Waals surface area contributed by atoms with Crippen molar-refractivity contribution in [2.45, 2.75) is 36.1 Å². The molecule has 0 bridgehead atoms. The van der Waals surface area contributed by atoms with Crippen molar-refractivity contribution in [2.75, 3.05) is 11.9 Å². The van der Waals surface area contributed by atoms with E-state index >= 15 is 0 Å². The topological polar surface area (TPSA) is 101 Å². The van der Waals surface area contributed by atoms with Gasteiger partial charge >= 0.3 is 0 Å². The third kappa shape index (κ3) is 5.11. The first-order chi connectivity index (χ1) is 12.9. The van der Waals surface area contributed by atoms with Crippen LogP contribution >= 0.6 is 12.4 Å². The molecular formula is C20H24ClN3O3S. The summed E-state index contributed by atoms with van der Waals surface area (Å²) in [5.41, 5.74) is 2.20. The van der Waals surface area contributed by atoms with E-state index in [0.29, 0.717) is 17.6 Å². The minimum atomic E-state index is -3.84. The number of primary sulfonamides is 1. The first-order valence-corrected chi connectivity index (χ1v) is 10.7. The Morgan fingerprint density at radius 1 is 1.11 bits per heavy atom. The Morgan fingerprint density at radius 3 is 2.46 bits per heavy atom. The maximum absolute atomic E-state index is 12.4. The van der Waals surface area contributed by atoms with Gasteiger partial charge in [-0.3, -0.25) is 4.79 Å². The highest BCUT2D eigenvalue weighted by atomic mass is 35.5. The number of amides is 1. The second kappa shape index (κ2) is 8.21. The Labute approximate surface area is 171 Å². The molecule has 0 aromatic heterocycles. The Kier molecular flexibility index (Phi) is 6.09. The van der Waals surface area contributed by atoms with Crippen molar-refractivity contribution in [1.29, 1.82) is 0 Å². The number of benzene rings is 2. The molecule has 4 rings (SSSR count). The summed E-state index contributed by atoms with van der Waals surface area (Å²) < 4.78 is 22.9. The summed E-state index contributed by atoms with van der Waals surface area (Å²) in [5, 5.41) is 11.5. The lowest BCUT2D eigenvalue weighted by Gasteiger charge is -2.08. The molecule has 150 valence electrons. The Balaban J connectivity index is 0.00000225. The summed E-state index contributed by atoms with van der Waals surface area (Å²) >= 11 is 0. The van der Waals surface area contributed by atoms with Crippen molar-refractivity contribution in [3.05, 3.63) is 59.7 Å². The quantitative estimate of drug-likeness (QED) is 0.639. The fourth-order valence-electron chi connectivity index (χ4n) is 3.26. The number of hydrogen-bond acceptors (Lipinski definition) is 4. The van der Waals surface area contributed by atoms with Crippen LogP contribution < -0.4 is 15.8 Å². The van der Waals surface area contributed by atoms with Crippen molar-refractivity contribution in [3.8, 4) is 0 Å². The lowest BCUT2D eigenvalue weighted by molar-refractivity contribution is 0.102. The minimum absolute atomic E-state index is 0. The Bertz CT molecular complexity index is 959. The maximum Gasteiger partial charge on any atom is 0.255 e. The number of rotatable bonds is 7. The summed E-state index contributed by atoms with van der Waals surface area (Å²) in [6, 6.07) is 14.1. The van der Waals surface area contributed by atoms with E-state index in [9.17, 15) is 13.2 Å². The fraction of sp³-hybridized carbons (Fsp3) is 0.350. The van der Waals surface area contributed by atoms with E-state index < -0.39 is 10.0 Å². The lowest BCUT2D eigenvalue weighted by atomic mass is 10.1. The van der Waals surface area contributed by atoms with Crippen LogP contribution in [-0.4, -0.2) is 26.9 Å². The third-order valence-electron chi connectivity index (χ3n) is 5.18. The van der Waals surface area contributed by atoms with Gasteiger partial charge in [0.05, 0.1) is 4.90 Å². The van der Waals surface area contributed by atoms with Gasteiger partial charge in [-0.1, -0.05) is 18.2 Å². The van der Waals surface area contributed by atoms with Gasteiger partial charge in [-0.15, -0.1) is 12.4 Å². The molecule has 0 spiro atoms. The molecule has 2 atom stereocenters. The number of nitrogens with two attached hydrogens (primary N) is 1. The highest BCUT2D eigenvalue weighted by molar-refractivity contribution is 7.89. The summed E-state index contributed by atoms with van der Waals surface area (Å²) in [6.45, 7) is 1.13.